The van der Waals surface area contributed by atoms with Gasteiger partial charge in [0, 0.05) is 5.56 Å². The predicted octanol–water partition coefficient (Wildman–Crippen LogP) is 4.26. The van der Waals surface area contributed by atoms with Gasteiger partial charge in [-0.3, -0.25) is 4.79 Å². The minimum atomic E-state index is 0.548. The fraction of sp³-hybridized carbons (Fsp3) is 0.278. The van der Waals surface area contributed by atoms with Gasteiger partial charge in [0.2, 0.25) is 0 Å². The summed E-state index contributed by atoms with van der Waals surface area (Å²) in [6, 6.07) is 12.2. The van der Waals surface area contributed by atoms with E-state index in [4.69, 9.17) is 4.74 Å². The van der Waals surface area contributed by atoms with Gasteiger partial charge in [0.05, 0.1) is 0 Å². The highest BCUT2D eigenvalue weighted by Gasteiger charge is 2.06. The summed E-state index contributed by atoms with van der Waals surface area (Å²) in [6.07, 6.45) is 1.92. The van der Waals surface area contributed by atoms with Gasteiger partial charge in [0.1, 0.15) is 18.6 Å². The highest BCUT2D eigenvalue weighted by Crippen LogP contribution is 2.25. The summed E-state index contributed by atoms with van der Waals surface area (Å²) in [4.78, 5) is 10.8. The summed E-state index contributed by atoms with van der Waals surface area (Å²) in [5.41, 5.74) is 5.17. The van der Waals surface area contributed by atoms with Crippen LogP contribution >= 0.6 is 0 Å². The van der Waals surface area contributed by atoms with E-state index in [0.29, 0.717) is 12.2 Å². The summed E-state index contributed by atoms with van der Waals surface area (Å²) in [6.45, 7) is 6.63. The molecule has 0 aliphatic carbocycles. The first kappa shape index (κ1) is 14.3. The fourth-order valence-electron chi connectivity index (χ4n) is 2.31. The number of aldehydes is 1. The van der Waals surface area contributed by atoms with Crippen molar-refractivity contribution in [2.24, 2.45) is 0 Å². The molecule has 0 aromatic heterocycles. The quantitative estimate of drug-likeness (QED) is 0.757. The van der Waals surface area contributed by atoms with Crippen LogP contribution in [0.2, 0.25) is 0 Å². The van der Waals surface area contributed by atoms with Gasteiger partial charge in [-0.1, -0.05) is 31.2 Å². The lowest BCUT2D eigenvalue weighted by atomic mass is 10.1. The Morgan fingerprint density at radius 3 is 2.05 bits per heavy atom. The van der Waals surface area contributed by atoms with Crippen LogP contribution in [0, 0.1) is 13.8 Å². The van der Waals surface area contributed by atoms with Gasteiger partial charge in [-0.2, -0.15) is 0 Å². The van der Waals surface area contributed by atoms with Crippen LogP contribution in [0.15, 0.2) is 36.4 Å². The van der Waals surface area contributed by atoms with Gasteiger partial charge in [-0.05, 0) is 54.7 Å². The Labute approximate surface area is 120 Å². The molecule has 2 aromatic rings. The van der Waals surface area contributed by atoms with E-state index in [9.17, 15) is 4.79 Å². The van der Waals surface area contributed by atoms with Gasteiger partial charge in [-0.25, -0.2) is 0 Å². The standard InChI is InChI=1S/C18H20O2/c1-4-15-5-7-16(8-6-15)12-20-18-13(2)9-17(11-19)10-14(18)3/h5-11H,4,12H2,1-3H3. The van der Waals surface area contributed by atoms with E-state index in [1.165, 1.54) is 5.56 Å². The number of benzene rings is 2. The van der Waals surface area contributed by atoms with Crippen LogP contribution in [-0.4, -0.2) is 6.29 Å². The van der Waals surface area contributed by atoms with Crippen LogP contribution in [0.5, 0.6) is 5.75 Å². The molecule has 2 rings (SSSR count). The van der Waals surface area contributed by atoms with E-state index in [0.717, 1.165) is 35.1 Å². The third-order valence-corrected chi connectivity index (χ3v) is 3.43. The second-order valence-electron chi connectivity index (χ2n) is 5.06. The lowest BCUT2D eigenvalue weighted by Crippen LogP contribution is -2.00. The first-order valence-electron chi connectivity index (χ1n) is 6.91. The third-order valence-electron chi connectivity index (χ3n) is 3.43. The number of rotatable bonds is 5. The van der Waals surface area contributed by atoms with E-state index in [-0.39, 0.29) is 0 Å². The molecule has 0 atom stereocenters. The number of aryl methyl sites for hydroxylation is 3. The predicted molar refractivity (Wildman–Crippen MR) is 81.5 cm³/mol. The molecule has 20 heavy (non-hydrogen) atoms. The molecular formula is C18H20O2. The van der Waals surface area contributed by atoms with E-state index >= 15 is 0 Å². The minimum Gasteiger partial charge on any atom is -0.488 e. The van der Waals surface area contributed by atoms with E-state index < -0.39 is 0 Å². The second kappa shape index (κ2) is 6.38. The number of hydrogen-bond acceptors (Lipinski definition) is 2. The molecule has 104 valence electrons. The van der Waals surface area contributed by atoms with Crippen LogP contribution in [0.1, 0.15) is 39.5 Å². The normalized spacial score (nSPS) is 10.3. The Balaban J connectivity index is 2.12. The van der Waals surface area contributed by atoms with Crippen molar-refractivity contribution in [3.63, 3.8) is 0 Å². The molecule has 2 aromatic carbocycles. The Bertz CT molecular complexity index is 574. The molecule has 0 unspecified atom stereocenters. The van der Waals surface area contributed by atoms with Crippen LogP contribution in [0.3, 0.4) is 0 Å². The molecule has 0 spiro atoms. The maximum absolute atomic E-state index is 10.8. The molecule has 0 amide bonds. The maximum Gasteiger partial charge on any atom is 0.150 e. The fourth-order valence-corrected chi connectivity index (χ4v) is 2.31. The summed E-state index contributed by atoms with van der Waals surface area (Å²) in [7, 11) is 0. The van der Waals surface area contributed by atoms with Crippen LogP contribution in [-0.2, 0) is 13.0 Å². The summed E-state index contributed by atoms with van der Waals surface area (Å²) in [5.74, 6) is 0.871. The second-order valence-corrected chi connectivity index (χ2v) is 5.06. The molecule has 0 aliphatic heterocycles. The monoisotopic (exact) mass is 268 g/mol. The van der Waals surface area contributed by atoms with E-state index in [1.54, 1.807) is 0 Å². The minimum absolute atomic E-state index is 0.548. The van der Waals surface area contributed by atoms with Crippen molar-refractivity contribution in [2.45, 2.75) is 33.8 Å². The highest BCUT2D eigenvalue weighted by atomic mass is 16.5. The van der Waals surface area contributed by atoms with Crippen LogP contribution in [0.25, 0.3) is 0 Å². The van der Waals surface area contributed by atoms with E-state index in [2.05, 4.69) is 31.2 Å². The van der Waals surface area contributed by atoms with E-state index in [1.807, 2.05) is 26.0 Å². The zero-order valence-corrected chi connectivity index (χ0v) is 12.3. The highest BCUT2D eigenvalue weighted by molar-refractivity contribution is 5.76. The van der Waals surface area contributed by atoms with Crippen molar-refractivity contribution in [3.8, 4) is 5.75 Å². The molecule has 0 N–H and O–H groups in total. The van der Waals surface area contributed by atoms with Crippen molar-refractivity contribution < 1.29 is 9.53 Å². The molecule has 0 fully saturated rings. The molecule has 0 heterocycles. The topological polar surface area (TPSA) is 26.3 Å². The molecule has 2 nitrogen and oxygen atoms in total. The molecule has 0 aliphatic rings. The van der Waals surface area contributed by atoms with Gasteiger partial charge in [0.15, 0.2) is 0 Å². The number of hydrogen-bond donors (Lipinski definition) is 0. The van der Waals surface area contributed by atoms with Crippen LogP contribution in [0.4, 0.5) is 0 Å². The molecule has 0 saturated carbocycles. The number of ether oxygens (including phenoxy) is 1. The zero-order valence-electron chi connectivity index (χ0n) is 12.3. The number of carbonyl (C=O) groups is 1. The summed E-state index contributed by atoms with van der Waals surface area (Å²) >= 11 is 0. The molecular weight excluding hydrogens is 248 g/mol. The molecule has 2 heteroatoms. The van der Waals surface area contributed by atoms with Gasteiger partial charge in [0.25, 0.3) is 0 Å². The summed E-state index contributed by atoms with van der Waals surface area (Å²) in [5, 5.41) is 0. The molecule has 0 bridgehead atoms. The van der Waals surface area contributed by atoms with Crippen molar-refractivity contribution in [2.75, 3.05) is 0 Å². The Morgan fingerprint density at radius 2 is 1.55 bits per heavy atom. The average molecular weight is 268 g/mol. The van der Waals surface area contributed by atoms with Gasteiger partial charge >= 0.3 is 0 Å². The Hall–Kier alpha value is -2.09. The molecule has 0 radical (unpaired) electrons. The Kier molecular flexibility index (Phi) is 4.57. The SMILES string of the molecule is CCc1ccc(COc2c(C)cc(C=O)cc2C)cc1. The maximum atomic E-state index is 10.8. The van der Waals surface area contributed by atoms with Crippen molar-refractivity contribution in [1.82, 2.24) is 0 Å². The molecule has 0 saturated heterocycles. The van der Waals surface area contributed by atoms with Crippen LogP contribution < -0.4 is 4.74 Å². The third kappa shape index (κ3) is 3.27. The first-order chi connectivity index (χ1) is 9.63. The van der Waals surface area contributed by atoms with Crippen molar-refractivity contribution in [1.29, 1.82) is 0 Å². The summed E-state index contributed by atoms with van der Waals surface area (Å²) < 4.78 is 5.91. The lowest BCUT2D eigenvalue weighted by Gasteiger charge is -2.13. The van der Waals surface area contributed by atoms with Gasteiger partial charge < -0.3 is 4.74 Å². The largest absolute Gasteiger partial charge is 0.488 e. The average Bonchev–Trinajstić information content (AvgIpc) is 2.46. The smallest absolute Gasteiger partial charge is 0.150 e. The van der Waals surface area contributed by atoms with Crippen molar-refractivity contribution >= 4 is 6.29 Å². The van der Waals surface area contributed by atoms with Crippen molar-refractivity contribution in [3.05, 3.63) is 64.2 Å². The zero-order chi connectivity index (χ0) is 14.5. The number of carbonyl (C=O) groups excluding carboxylic acids is 1. The lowest BCUT2D eigenvalue weighted by molar-refractivity contribution is 0.112. The first-order valence-corrected chi connectivity index (χ1v) is 6.91. The Morgan fingerprint density at radius 1 is 1.00 bits per heavy atom. The van der Waals surface area contributed by atoms with Gasteiger partial charge in [-0.15, -0.1) is 0 Å².